The predicted molar refractivity (Wildman–Crippen MR) is 40.9 cm³/mol. The molecule has 72 valence electrons. The van der Waals surface area contributed by atoms with E-state index in [1.807, 2.05) is 0 Å². The molecule has 0 aromatic carbocycles. The van der Waals surface area contributed by atoms with Crippen LogP contribution >= 0.6 is 0 Å². The van der Waals surface area contributed by atoms with Crippen LogP contribution in [0.25, 0.3) is 0 Å². The van der Waals surface area contributed by atoms with Crippen molar-refractivity contribution in [2.45, 2.75) is 25.4 Å². The molecule has 0 unspecified atom stereocenters. The molecule has 1 rings (SSSR count). The summed E-state index contributed by atoms with van der Waals surface area (Å²) in [6.07, 6.45) is -2.30. The minimum absolute atomic E-state index is 0.139. The Morgan fingerprint density at radius 3 is 2.33 bits per heavy atom. The normalized spacial score (nSPS) is 18.8. The van der Waals surface area contributed by atoms with Gasteiger partial charge in [0.1, 0.15) is 0 Å². The molecule has 0 amide bonds. The van der Waals surface area contributed by atoms with Gasteiger partial charge in [0.15, 0.2) is 0 Å². The largest absolute Gasteiger partial charge is 0.390 e. The van der Waals surface area contributed by atoms with E-state index in [9.17, 15) is 13.2 Å². The smallest absolute Gasteiger partial charge is 0.306 e. The number of alkyl halides is 3. The molecular weight excluding hydrogens is 167 g/mol. The first-order valence-corrected chi connectivity index (χ1v) is 4.22. The molecule has 0 aliphatic heterocycles. The first-order valence-electron chi connectivity index (χ1n) is 4.22. The van der Waals surface area contributed by atoms with E-state index in [1.54, 1.807) is 11.9 Å². The molecule has 0 aromatic rings. The highest BCUT2D eigenvalue weighted by Crippen LogP contribution is 2.29. The predicted octanol–water partition coefficient (Wildman–Crippen LogP) is 2.28. The number of hydrogen-bond acceptors (Lipinski definition) is 1. The van der Waals surface area contributed by atoms with Crippen molar-refractivity contribution in [3.63, 3.8) is 0 Å². The van der Waals surface area contributed by atoms with Crippen molar-refractivity contribution in [2.24, 2.45) is 5.92 Å². The van der Waals surface area contributed by atoms with E-state index < -0.39 is 12.6 Å². The Bertz CT molecular complexity index is 140. The van der Waals surface area contributed by atoms with E-state index in [0.717, 1.165) is 6.54 Å². The van der Waals surface area contributed by atoms with Crippen molar-refractivity contribution in [3.05, 3.63) is 0 Å². The summed E-state index contributed by atoms with van der Waals surface area (Å²) in [5.74, 6) is 0.670. The van der Waals surface area contributed by atoms with Crippen molar-refractivity contribution in [3.8, 4) is 0 Å². The highest BCUT2D eigenvalue weighted by atomic mass is 19.4. The molecule has 1 nitrogen and oxygen atoms in total. The number of rotatable bonds is 4. The van der Waals surface area contributed by atoms with Gasteiger partial charge >= 0.3 is 6.18 Å². The van der Waals surface area contributed by atoms with Crippen LogP contribution in [0.3, 0.4) is 0 Å². The van der Waals surface area contributed by atoms with Gasteiger partial charge in [-0.15, -0.1) is 0 Å². The third kappa shape index (κ3) is 4.59. The van der Waals surface area contributed by atoms with Gasteiger partial charge in [-0.1, -0.05) is 0 Å². The molecule has 1 aliphatic carbocycles. The molecule has 1 saturated carbocycles. The average molecular weight is 181 g/mol. The fraction of sp³-hybridized carbons (Fsp3) is 1.00. The lowest BCUT2D eigenvalue weighted by Crippen LogP contribution is -2.26. The van der Waals surface area contributed by atoms with Gasteiger partial charge in [0.2, 0.25) is 0 Å². The van der Waals surface area contributed by atoms with Crippen LogP contribution in [-0.2, 0) is 0 Å². The molecule has 0 aromatic heterocycles. The standard InChI is InChI=1S/C8H14F3N/c1-12(6-7-2-3-7)5-4-8(9,10)11/h7H,2-6H2,1H3. The summed E-state index contributed by atoms with van der Waals surface area (Å²) in [6, 6.07) is 0. The molecule has 0 N–H and O–H groups in total. The monoisotopic (exact) mass is 181 g/mol. The van der Waals surface area contributed by atoms with Gasteiger partial charge in [0, 0.05) is 13.1 Å². The quantitative estimate of drug-likeness (QED) is 0.643. The van der Waals surface area contributed by atoms with E-state index in [-0.39, 0.29) is 6.54 Å². The molecule has 0 heterocycles. The number of nitrogens with zero attached hydrogens (tertiary/aromatic N) is 1. The highest BCUT2D eigenvalue weighted by molar-refractivity contribution is 4.76. The summed E-state index contributed by atoms with van der Waals surface area (Å²) >= 11 is 0. The van der Waals surface area contributed by atoms with Gasteiger partial charge in [-0.05, 0) is 25.8 Å². The van der Waals surface area contributed by atoms with Crippen LogP contribution in [0.2, 0.25) is 0 Å². The van der Waals surface area contributed by atoms with Crippen molar-refractivity contribution < 1.29 is 13.2 Å². The van der Waals surface area contributed by atoms with E-state index in [4.69, 9.17) is 0 Å². The van der Waals surface area contributed by atoms with Gasteiger partial charge in [-0.3, -0.25) is 0 Å². The molecular formula is C8H14F3N. The molecule has 4 heteroatoms. The second-order valence-corrected chi connectivity index (χ2v) is 3.57. The average Bonchev–Trinajstić information content (AvgIpc) is 2.66. The summed E-state index contributed by atoms with van der Waals surface area (Å²) in [5, 5.41) is 0. The SMILES string of the molecule is CN(CCC(F)(F)F)CC1CC1. The Kier molecular flexibility index (Phi) is 2.99. The van der Waals surface area contributed by atoms with Crippen molar-refractivity contribution in [1.29, 1.82) is 0 Å². The van der Waals surface area contributed by atoms with E-state index in [2.05, 4.69) is 0 Å². The zero-order chi connectivity index (χ0) is 9.19. The van der Waals surface area contributed by atoms with Gasteiger partial charge in [0.05, 0.1) is 6.42 Å². The Morgan fingerprint density at radius 1 is 1.33 bits per heavy atom. The summed E-state index contributed by atoms with van der Waals surface area (Å²) < 4.78 is 35.2. The van der Waals surface area contributed by atoms with Gasteiger partial charge in [0.25, 0.3) is 0 Å². The summed E-state index contributed by atoms with van der Waals surface area (Å²) in [4.78, 5) is 1.77. The minimum Gasteiger partial charge on any atom is -0.306 e. The molecule has 0 bridgehead atoms. The lowest BCUT2D eigenvalue weighted by Gasteiger charge is -2.16. The fourth-order valence-corrected chi connectivity index (χ4v) is 1.15. The van der Waals surface area contributed by atoms with Gasteiger partial charge in [-0.25, -0.2) is 0 Å². The maximum Gasteiger partial charge on any atom is 0.390 e. The second-order valence-electron chi connectivity index (χ2n) is 3.57. The molecule has 0 saturated heterocycles. The van der Waals surface area contributed by atoms with Gasteiger partial charge < -0.3 is 4.90 Å². The van der Waals surface area contributed by atoms with Crippen molar-refractivity contribution in [2.75, 3.05) is 20.1 Å². The molecule has 1 aliphatic rings. The first-order chi connectivity index (χ1) is 5.47. The molecule has 12 heavy (non-hydrogen) atoms. The fourth-order valence-electron chi connectivity index (χ4n) is 1.15. The maximum atomic E-state index is 11.7. The topological polar surface area (TPSA) is 3.24 Å². The van der Waals surface area contributed by atoms with E-state index in [1.165, 1.54) is 12.8 Å². The third-order valence-corrected chi connectivity index (χ3v) is 2.04. The molecule has 0 atom stereocenters. The molecule has 1 fully saturated rings. The van der Waals surface area contributed by atoms with Gasteiger partial charge in [-0.2, -0.15) is 13.2 Å². The minimum atomic E-state index is -4.00. The second kappa shape index (κ2) is 3.64. The van der Waals surface area contributed by atoms with Crippen LogP contribution in [0, 0.1) is 5.92 Å². The Morgan fingerprint density at radius 2 is 1.92 bits per heavy atom. The first kappa shape index (κ1) is 9.84. The van der Waals surface area contributed by atoms with Crippen LogP contribution < -0.4 is 0 Å². The Labute approximate surface area is 70.5 Å². The third-order valence-electron chi connectivity index (χ3n) is 2.04. The van der Waals surface area contributed by atoms with Crippen LogP contribution in [0.1, 0.15) is 19.3 Å². The summed E-state index contributed by atoms with van der Waals surface area (Å²) in [7, 11) is 1.75. The van der Waals surface area contributed by atoms with E-state index in [0.29, 0.717) is 5.92 Å². The van der Waals surface area contributed by atoms with Crippen LogP contribution in [-0.4, -0.2) is 31.2 Å². The van der Waals surface area contributed by atoms with Crippen molar-refractivity contribution >= 4 is 0 Å². The summed E-state index contributed by atoms with van der Waals surface area (Å²) in [6.45, 7) is 0.968. The number of halogens is 3. The maximum absolute atomic E-state index is 11.7. The lowest BCUT2D eigenvalue weighted by atomic mass is 10.3. The van der Waals surface area contributed by atoms with Crippen LogP contribution in [0.5, 0.6) is 0 Å². The zero-order valence-electron chi connectivity index (χ0n) is 7.19. The Balaban J connectivity index is 2.04. The zero-order valence-corrected chi connectivity index (χ0v) is 7.19. The van der Waals surface area contributed by atoms with Crippen molar-refractivity contribution in [1.82, 2.24) is 4.90 Å². The molecule has 0 radical (unpaired) electrons. The van der Waals surface area contributed by atoms with Crippen LogP contribution in [0.4, 0.5) is 13.2 Å². The lowest BCUT2D eigenvalue weighted by molar-refractivity contribution is -0.137. The Hall–Kier alpha value is -0.250. The number of hydrogen-bond donors (Lipinski definition) is 0. The summed E-state index contributed by atoms with van der Waals surface area (Å²) in [5.41, 5.74) is 0. The highest BCUT2D eigenvalue weighted by Gasteiger charge is 2.28. The molecule has 0 spiro atoms. The van der Waals surface area contributed by atoms with Crippen LogP contribution in [0.15, 0.2) is 0 Å². The van der Waals surface area contributed by atoms with E-state index >= 15 is 0 Å².